The second kappa shape index (κ2) is 7.30. The van der Waals surface area contributed by atoms with Crippen molar-refractivity contribution in [1.82, 2.24) is 19.7 Å². The van der Waals surface area contributed by atoms with Crippen LogP contribution in [0.5, 0.6) is 5.88 Å². The third-order valence-corrected chi connectivity index (χ3v) is 5.66. The molecule has 0 saturated carbocycles. The summed E-state index contributed by atoms with van der Waals surface area (Å²) in [6, 6.07) is 18.1. The van der Waals surface area contributed by atoms with E-state index in [0.717, 1.165) is 10.9 Å². The summed E-state index contributed by atoms with van der Waals surface area (Å²) in [5.41, 5.74) is 1.72. The Kier molecular flexibility index (Phi) is 4.57. The number of alkyl halides is 2. The molecule has 0 N–H and O–H groups in total. The van der Waals surface area contributed by atoms with Gasteiger partial charge in [0.15, 0.2) is 11.8 Å². The number of para-hydroxylation sites is 2. The lowest BCUT2D eigenvalue weighted by Gasteiger charge is -2.37. The van der Waals surface area contributed by atoms with Gasteiger partial charge in [0.2, 0.25) is 5.88 Å². The zero-order chi connectivity index (χ0) is 21.6. The molecular weight excluding hydrogens is 402 g/mol. The van der Waals surface area contributed by atoms with E-state index in [4.69, 9.17) is 4.74 Å². The Morgan fingerprint density at radius 2 is 1.87 bits per heavy atom. The van der Waals surface area contributed by atoms with E-state index in [1.165, 1.54) is 4.90 Å². The summed E-state index contributed by atoms with van der Waals surface area (Å²) in [5, 5.41) is 5.92. The van der Waals surface area contributed by atoms with Crippen LogP contribution in [0.3, 0.4) is 0 Å². The number of carbonyl (C=O) groups is 1. The van der Waals surface area contributed by atoms with Crippen LogP contribution in [0, 0.1) is 0 Å². The molecule has 5 rings (SSSR count). The number of likely N-dealkylation sites (tertiary alicyclic amines) is 1. The average Bonchev–Trinajstić information content (AvgIpc) is 3.11. The zero-order valence-electron chi connectivity index (χ0n) is 16.8. The van der Waals surface area contributed by atoms with Crippen LogP contribution < -0.4 is 4.74 Å². The van der Waals surface area contributed by atoms with Crippen molar-refractivity contribution in [2.24, 2.45) is 7.05 Å². The third kappa shape index (κ3) is 3.48. The molecule has 4 aromatic rings. The normalized spacial score (nSPS) is 18.4. The first kappa shape index (κ1) is 19.4. The van der Waals surface area contributed by atoms with Crippen LogP contribution in [0.4, 0.5) is 8.78 Å². The number of amides is 1. The number of rotatable bonds is 3. The summed E-state index contributed by atoms with van der Waals surface area (Å²) in [4.78, 5) is 18.9. The predicted molar refractivity (Wildman–Crippen MR) is 112 cm³/mol. The molecule has 0 radical (unpaired) electrons. The maximum Gasteiger partial charge on any atom is 0.287 e. The van der Waals surface area contributed by atoms with E-state index in [-0.39, 0.29) is 30.6 Å². The molecule has 1 aliphatic heterocycles. The average molecular weight is 422 g/mol. The van der Waals surface area contributed by atoms with Gasteiger partial charge in [-0.05, 0) is 18.2 Å². The number of hydrogen-bond donors (Lipinski definition) is 0. The number of hydrogen-bond acceptors (Lipinski definition) is 4. The fraction of sp³-hybridized carbons (Fsp3) is 0.261. The molecule has 1 amide bonds. The van der Waals surface area contributed by atoms with Crippen molar-refractivity contribution in [2.45, 2.75) is 18.4 Å². The first-order valence-corrected chi connectivity index (χ1v) is 10.0. The topological polar surface area (TPSA) is 60.2 Å². The van der Waals surface area contributed by atoms with Crippen molar-refractivity contribution in [1.29, 1.82) is 0 Å². The first-order valence-electron chi connectivity index (χ1n) is 10.0. The lowest BCUT2D eigenvalue weighted by molar-refractivity contribution is -0.131. The Morgan fingerprint density at radius 3 is 2.74 bits per heavy atom. The van der Waals surface area contributed by atoms with Crippen LogP contribution in [-0.4, -0.2) is 50.7 Å². The fourth-order valence-corrected chi connectivity index (χ4v) is 3.96. The van der Waals surface area contributed by atoms with Gasteiger partial charge in [-0.2, -0.15) is 5.10 Å². The number of fused-ring (bicyclic) bond motifs is 2. The quantitative estimate of drug-likeness (QED) is 0.500. The van der Waals surface area contributed by atoms with Crippen molar-refractivity contribution < 1.29 is 18.3 Å². The van der Waals surface area contributed by atoms with Gasteiger partial charge in [-0.25, -0.2) is 13.8 Å². The van der Waals surface area contributed by atoms with Crippen molar-refractivity contribution in [2.75, 3.05) is 13.1 Å². The van der Waals surface area contributed by atoms with E-state index < -0.39 is 18.4 Å². The summed E-state index contributed by atoms with van der Waals surface area (Å²) in [6.07, 6.45) is -1.98. The molecule has 0 unspecified atom stereocenters. The second-order valence-corrected chi connectivity index (χ2v) is 7.70. The lowest BCUT2D eigenvalue weighted by atomic mass is 10.0. The van der Waals surface area contributed by atoms with Crippen LogP contribution in [0.25, 0.3) is 21.8 Å². The summed E-state index contributed by atoms with van der Waals surface area (Å²) in [6.45, 7) is -0.313. The number of aromatic nitrogens is 3. The van der Waals surface area contributed by atoms with Crippen LogP contribution in [0.2, 0.25) is 0 Å². The number of carbonyl (C=O) groups excluding carboxylic acids is 1. The minimum atomic E-state index is -3.07. The van der Waals surface area contributed by atoms with E-state index in [9.17, 15) is 13.6 Å². The molecule has 0 bridgehead atoms. The zero-order valence-corrected chi connectivity index (χ0v) is 16.8. The van der Waals surface area contributed by atoms with Crippen molar-refractivity contribution in [3.8, 4) is 5.88 Å². The van der Waals surface area contributed by atoms with Gasteiger partial charge in [0.25, 0.3) is 11.8 Å². The van der Waals surface area contributed by atoms with E-state index in [2.05, 4.69) is 10.1 Å². The Labute approximate surface area is 177 Å². The molecule has 0 aliphatic carbocycles. The smallest absolute Gasteiger partial charge is 0.287 e. The SMILES string of the molecule is Cn1nc(C(=O)N2CCC(F)(F)[C@@H](Oc3ccc4ccccc4n3)C2)c2ccccc21. The molecule has 2 aromatic heterocycles. The Balaban J connectivity index is 1.41. The van der Waals surface area contributed by atoms with Gasteiger partial charge in [-0.1, -0.05) is 36.4 Å². The van der Waals surface area contributed by atoms with E-state index in [1.807, 2.05) is 36.4 Å². The summed E-state index contributed by atoms with van der Waals surface area (Å²) in [5.74, 6) is -3.34. The van der Waals surface area contributed by atoms with E-state index in [0.29, 0.717) is 10.9 Å². The Bertz CT molecular complexity index is 1290. The lowest BCUT2D eigenvalue weighted by Crippen LogP contribution is -2.55. The molecule has 3 heterocycles. The van der Waals surface area contributed by atoms with E-state index >= 15 is 0 Å². The highest BCUT2D eigenvalue weighted by Crippen LogP contribution is 2.33. The highest BCUT2D eigenvalue weighted by Gasteiger charge is 2.47. The molecule has 0 spiro atoms. The summed E-state index contributed by atoms with van der Waals surface area (Å²) in [7, 11) is 1.75. The van der Waals surface area contributed by atoms with Crippen LogP contribution in [0.1, 0.15) is 16.9 Å². The molecule has 8 heteroatoms. The Morgan fingerprint density at radius 1 is 1.10 bits per heavy atom. The minimum Gasteiger partial charge on any atom is -0.466 e. The second-order valence-electron chi connectivity index (χ2n) is 7.70. The standard InChI is InChI=1S/C23H20F2N4O2/c1-28-18-9-5-3-7-16(18)21(27-28)22(30)29-13-12-23(24,25)19(14-29)31-20-11-10-15-6-2-4-8-17(15)26-20/h2-11,19H,12-14H2,1H3/t19-/m0/s1. The number of pyridine rings is 1. The maximum atomic E-state index is 14.7. The number of aryl methyl sites for hydroxylation is 1. The van der Waals surface area contributed by atoms with Gasteiger partial charge in [-0.15, -0.1) is 0 Å². The van der Waals surface area contributed by atoms with Gasteiger partial charge in [0.1, 0.15) is 0 Å². The molecule has 6 nitrogen and oxygen atoms in total. The monoisotopic (exact) mass is 422 g/mol. The van der Waals surface area contributed by atoms with Gasteiger partial charge < -0.3 is 9.64 Å². The van der Waals surface area contributed by atoms with E-state index in [1.54, 1.807) is 36.0 Å². The number of benzene rings is 2. The highest BCUT2D eigenvalue weighted by atomic mass is 19.3. The molecular formula is C23H20F2N4O2. The van der Waals surface area contributed by atoms with Crippen LogP contribution in [0.15, 0.2) is 60.7 Å². The fourth-order valence-electron chi connectivity index (χ4n) is 3.96. The van der Waals surface area contributed by atoms with Crippen LogP contribution in [-0.2, 0) is 7.05 Å². The molecule has 1 aliphatic rings. The molecule has 1 fully saturated rings. The molecule has 1 atom stereocenters. The number of nitrogens with zero attached hydrogens (tertiary/aromatic N) is 4. The molecule has 1 saturated heterocycles. The third-order valence-electron chi connectivity index (χ3n) is 5.66. The van der Waals surface area contributed by atoms with Crippen LogP contribution >= 0.6 is 0 Å². The van der Waals surface area contributed by atoms with Crippen molar-refractivity contribution >= 4 is 27.7 Å². The molecule has 31 heavy (non-hydrogen) atoms. The van der Waals surface area contributed by atoms with Crippen molar-refractivity contribution in [3.63, 3.8) is 0 Å². The van der Waals surface area contributed by atoms with Gasteiger partial charge in [0, 0.05) is 36.9 Å². The summed E-state index contributed by atoms with van der Waals surface area (Å²) >= 11 is 0. The van der Waals surface area contributed by atoms with Gasteiger partial charge in [-0.3, -0.25) is 9.48 Å². The Hall–Kier alpha value is -3.55. The summed E-state index contributed by atoms with van der Waals surface area (Å²) < 4.78 is 36.5. The van der Waals surface area contributed by atoms with Crippen molar-refractivity contribution in [3.05, 3.63) is 66.4 Å². The largest absolute Gasteiger partial charge is 0.466 e. The molecule has 2 aromatic carbocycles. The predicted octanol–water partition coefficient (Wildman–Crippen LogP) is 4.05. The maximum absolute atomic E-state index is 14.7. The minimum absolute atomic E-state index is 0.0677. The van der Waals surface area contributed by atoms with Gasteiger partial charge >= 0.3 is 0 Å². The number of piperidine rings is 1. The number of halogens is 2. The van der Waals surface area contributed by atoms with Gasteiger partial charge in [0.05, 0.1) is 17.6 Å². The number of ether oxygens (including phenoxy) is 1. The highest BCUT2D eigenvalue weighted by molar-refractivity contribution is 6.04. The molecule has 158 valence electrons. The first-order chi connectivity index (χ1) is 14.9.